The zero-order chi connectivity index (χ0) is 10.9. The van der Waals surface area contributed by atoms with Crippen molar-refractivity contribution in [2.45, 2.75) is 64.0 Å². The summed E-state index contributed by atoms with van der Waals surface area (Å²) in [6, 6.07) is 2.92. The third-order valence-electron chi connectivity index (χ3n) is 4.09. The fraction of sp³-hybridized carbons (Fsp3) is 0.923. The van der Waals surface area contributed by atoms with Crippen molar-refractivity contribution in [3.05, 3.63) is 0 Å². The summed E-state index contributed by atoms with van der Waals surface area (Å²) in [5.74, 6) is 1.09. The summed E-state index contributed by atoms with van der Waals surface area (Å²) in [7, 11) is 0. The predicted molar refractivity (Wildman–Crippen MR) is 61.3 cm³/mol. The molecular formula is C13H22N2. The fourth-order valence-electron chi connectivity index (χ4n) is 2.86. The number of hydrogen-bond donors (Lipinski definition) is 1. The molecule has 0 heterocycles. The molecule has 2 aliphatic carbocycles. The zero-order valence-corrected chi connectivity index (χ0v) is 9.92. The first-order valence-corrected chi connectivity index (χ1v) is 6.31. The van der Waals surface area contributed by atoms with Gasteiger partial charge in [0.05, 0.1) is 12.0 Å². The van der Waals surface area contributed by atoms with E-state index in [4.69, 9.17) is 5.26 Å². The monoisotopic (exact) mass is 206 g/mol. The van der Waals surface area contributed by atoms with E-state index in [1.165, 1.54) is 32.1 Å². The summed E-state index contributed by atoms with van der Waals surface area (Å²) < 4.78 is 0. The quantitative estimate of drug-likeness (QED) is 0.770. The number of nitrogens with one attached hydrogen (secondary N) is 1. The normalized spacial score (nSPS) is 32.3. The van der Waals surface area contributed by atoms with E-state index >= 15 is 0 Å². The largest absolute Gasteiger partial charge is 0.307 e. The minimum absolute atomic E-state index is 0.247. The molecule has 2 nitrogen and oxygen atoms in total. The lowest BCUT2D eigenvalue weighted by Gasteiger charge is -2.36. The third-order valence-corrected chi connectivity index (χ3v) is 4.09. The van der Waals surface area contributed by atoms with Gasteiger partial charge in [0.1, 0.15) is 0 Å². The third kappa shape index (κ3) is 2.52. The molecule has 0 aromatic rings. The Labute approximate surface area is 93.0 Å². The minimum Gasteiger partial charge on any atom is -0.307 e. The van der Waals surface area contributed by atoms with E-state index in [1.54, 1.807) is 0 Å². The Bertz CT molecular complexity index is 260. The molecule has 84 valence electrons. The van der Waals surface area contributed by atoms with Crippen LogP contribution < -0.4 is 5.32 Å². The standard InChI is InChI=1S/C13H22N2/c1-13(2,11-7-8-11)15-12-6-4-3-5-10(12)9-14/h10-12,15H,3-8H2,1-2H3. The zero-order valence-electron chi connectivity index (χ0n) is 9.92. The van der Waals surface area contributed by atoms with E-state index in [2.05, 4.69) is 25.2 Å². The Morgan fingerprint density at radius 3 is 2.40 bits per heavy atom. The average molecular weight is 206 g/mol. The molecule has 2 aliphatic rings. The first-order chi connectivity index (χ1) is 7.13. The first kappa shape index (κ1) is 11.0. The van der Waals surface area contributed by atoms with Crippen molar-refractivity contribution in [3.8, 4) is 6.07 Å². The van der Waals surface area contributed by atoms with Crippen LogP contribution in [0.5, 0.6) is 0 Å². The Balaban J connectivity index is 1.94. The van der Waals surface area contributed by atoms with E-state index in [1.807, 2.05) is 0 Å². The van der Waals surface area contributed by atoms with Crippen LogP contribution in [0.25, 0.3) is 0 Å². The molecule has 0 saturated heterocycles. The molecule has 2 saturated carbocycles. The molecule has 0 spiro atoms. The van der Waals surface area contributed by atoms with Crippen molar-refractivity contribution in [2.24, 2.45) is 11.8 Å². The Hall–Kier alpha value is -0.550. The van der Waals surface area contributed by atoms with Crippen LogP contribution in [-0.4, -0.2) is 11.6 Å². The van der Waals surface area contributed by atoms with E-state index in [0.29, 0.717) is 6.04 Å². The lowest BCUT2D eigenvalue weighted by molar-refractivity contribution is 0.224. The average Bonchev–Trinajstić information content (AvgIpc) is 3.01. The minimum atomic E-state index is 0.247. The van der Waals surface area contributed by atoms with Crippen LogP contribution in [0, 0.1) is 23.2 Å². The van der Waals surface area contributed by atoms with Gasteiger partial charge in [0.25, 0.3) is 0 Å². The molecule has 0 amide bonds. The molecule has 0 aromatic heterocycles. The lowest BCUT2D eigenvalue weighted by atomic mass is 9.83. The van der Waals surface area contributed by atoms with Crippen molar-refractivity contribution < 1.29 is 0 Å². The van der Waals surface area contributed by atoms with Gasteiger partial charge in [-0.1, -0.05) is 12.8 Å². The highest BCUT2D eigenvalue weighted by Gasteiger charge is 2.40. The lowest BCUT2D eigenvalue weighted by Crippen LogP contribution is -2.51. The number of rotatable bonds is 3. The summed E-state index contributed by atoms with van der Waals surface area (Å²) >= 11 is 0. The first-order valence-electron chi connectivity index (χ1n) is 6.31. The fourth-order valence-corrected chi connectivity index (χ4v) is 2.86. The van der Waals surface area contributed by atoms with E-state index in [9.17, 15) is 0 Å². The van der Waals surface area contributed by atoms with Crippen LogP contribution in [0.2, 0.25) is 0 Å². The van der Waals surface area contributed by atoms with Gasteiger partial charge in [-0.3, -0.25) is 0 Å². The molecule has 0 radical (unpaired) electrons. The molecule has 2 heteroatoms. The van der Waals surface area contributed by atoms with Gasteiger partial charge in [-0.15, -0.1) is 0 Å². The topological polar surface area (TPSA) is 35.8 Å². The van der Waals surface area contributed by atoms with E-state index < -0.39 is 0 Å². The highest BCUT2D eigenvalue weighted by Crippen LogP contribution is 2.40. The maximum Gasteiger partial charge on any atom is 0.0672 e. The maximum absolute atomic E-state index is 9.12. The second-order valence-electron chi connectivity index (χ2n) is 5.77. The predicted octanol–water partition coefficient (Wildman–Crippen LogP) is 2.85. The van der Waals surface area contributed by atoms with Crippen LogP contribution in [0.15, 0.2) is 0 Å². The molecule has 0 aromatic carbocycles. The van der Waals surface area contributed by atoms with Gasteiger partial charge >= 0.3 is 0 Å². The molecule has 2 fully saturated rings. The van der Waals surface area contributed by atoms with Crippen molar-refractivity contribution in [3.63, 3.8) is 0 Å². The molecule has 0 bridgehead atoms. The highest BCUT2D eigenvalue weighted by molar-refractivity contribution is 5.01. The molecule has 1 N–H and O–H groups in total. The van der Waals surface area contributed by atoms with Crippen LogP contribution in [0.4, 0.5) is 0 Å². The van der Waals surface area contributed by atoms with E-state index in [0.717, 1.165) is 12.3 Å². The van der Waals surface area contributed by atoms with Crippen LogP contribution in [0.1, 0.15) is 52.4 Å². The van der Waals surface area contributed by atoms with Crippen molar-refractivity contribution >= 4 is 0 Å². The summed E-state index contributed by atoms with van der Waals surface area (Å²) in [5, 5.41) is 12.9. The Kier molecular flexibility index (Phi) is 3.02. The molecule has 2 atom stereocenters. The highest BCUT2D eigenvalue weighted by atomic mass is 15.0. The van der Waals surface area contributed by atoms with Crippen molar-refractivity contribution in [1.82, 2.24) is 5.32 Å². The molecule has 0 aliphatic heterocycles. The van der Waals surface area contributed by atoms with Gasteiger partial charge in [-0.05, 0) is 45.4 Å². The van der Waals surface area contributed by atoms with Gasteiger partial charge in [-0.25, -0.2) is 0 Å². The maximum atomic E-state index is 9.12. The van der Waals surface area contributed by atoms with Crippen molar-refractivity contribution in [1.29, 1.82) is 5.26 Å². The molecule has 2 rings (SSSR count). The number of nitrogens with zero attached hydrogens (tertiary/aromatic N) is 1. The second kappa shape index (κ2) is 4.14. The molecular weight excluding hydrogens is 184 g/mol. The van der Waals surface area contributed by atoms with Gasteiger partial charge < -0.3 is 5.32 Å². The Morgan fingerprint density at radius 1 is 1.13 bits per heavy atom. The molecule has 2 unspecified atom stereocenters. The van der Waals surface area contributed by atoms with Gasteiger partial charge in [-0.2, -0.15) is 5.26 Å². The Morgan fingerprint density at radius 2 is 1.80 bits per heavy atom. The van der Waals surface area contributed by atoms with Gasteiger partial charge in [0.2, 0.25) is 0 Å². The summed E-state index contributed by atoms with van der Waals surface area (Å²) in [4.78, 5) is 0. The number of hydrogen-bond acceptors (Lipinski definition) is 2. The summed E-state index contributed by atoms with van der Waals surface area (Å²) in [6.45, 7) is 4.60. The van der Waals surface area contributed by atoms with Gasteiger partial charge in [0.15, 0.2) is 0 Å². The van der Waals surface area contributed by atoms with Crippen LogP contribution in [0.3, 0.4) is 0 Å². The number of nitriles is 1. The van der Waals surface area contributed by atoms with Gasteiger partial charge in [0, 0.05) is 11.6 Å². The molecule has 15 heavy (non-hydrogen) atoms. The summed E-state index contributed by atoms with van der Waals surface area (Å²) in [6.07, 6.45) is 7.54. The second-order valence-corrected chi connectivity index (χ2v) is 5.77. The van der Waals surface area contributed by atoms with Crippen molar-refractivity contribution in [2.75, 3.05) is 0 Å². The SMILES string of the molecule is CC(C)(NC1CCCCC1C#N)C1CC1. The summed E-state index contributed by atoms with van der Waals surface area (Å²) in [5.41, 5.74) is 0.247. The van der Waals surface area contributed by atoms with Crippen LogP contribution in [-0.2, 0) is 0 Å². The van der Waals surface area contributed by atoms with Crippen LogP contribution >= 0.6 is 0 Å². The smallest absolute Gasteiger partial charge is 0.0672 e. The van der Waals surface area contributed by atoms with E-state index in [-0.39, 0.29) is 11.5 Å².